The minimum atomic E-state index is -0.758. The van der Waals surface area contributed by atoms with Gasteiger partial charge < -0.3 is 14.4 Å². The Morgan fingerprint density at radius 3 is 2.71 bits per heavy atom. The molecular weight excluding hydrogens is 324 g/mol. The van der Waals surface area contributed by atoms with Gasteiger partial charge >= 0.3 is 5.97 Å². The third-order valence-electron chi connectivity index (χ3n) is 3.76. The lowest BCUT2D eigenvalue weighted by Gasteiger charge is -2.28. The van der Waals surface area contributed by atoms with Gasteiger partial charge in [-0.2, -0.15) is 5.26 Å². The fraction of sp³-hybridized carbons (Fsp3) is 0.333. The van der Waals surface area contributed by atoms with E-state index < -0.39 is 12.1 Å². The van der Waals surface area contributed by atoms with Crippen LogP contribution in [0.25, 0.3) is 11.1 Å². The minimum absolute atomic E-state index is 0.453. The molecule has 6 heteroatoms. The molecule has 124 valence electrons. The van der Waals surface area contributed by atoms with Gasteiger partial charge in [0.05, 0.1) is 18.2 Å². The summed E-state index contributed by atoms with van der Waals surface area (Å²) < 4.78 is 10.6. The number of nitrogens with zero attached hydrogens (tertiary/aromatic N) is 2. The van der Waals surface area contributed by atoms with Gasteiger partial charge in [-0.05, 0) is 18.6 Å². The van der Waals surface area contributed by atoms with E-state index in [1.165, 1.54) is 11.3 Å². The number of carbonyl (C=O) groups is 1. The van der Waals surface area contributed by atoms with E-state index in [4.69, 9.17) is 14.7 Å². The Kier molecular flexibility index (Phi) is 5.14. The quantitative estimate of drug-likeness (QED) is 0.798. The molecular formula is C18H18N2O3S. The number of anilines is 1. The van der Waals surface area contributed by atoms with Crippen LogP contribution in [0.1, 0.15) is 16.6 Å². The summed E-state index contributed by atoms with van der Waals surface area (Å²) in [6.45, 7) is 4.51. The molecule has 0 bridgehead atoms. The molecule has 0 unspecified atom stereocenters. The third kappa shape index (κ3) is 3.58. The Hall–Kier alpha value is -2.36. The van der Waals surface area contributed by atoms with Gasteiger partial charge in [0.15, 0.2) is 6.10 Å². The molecule has 0 amide bonds. The van der Waals surface area contributed by atoms with Gasteiger partial charge in [0, 0.05) is 18.7 Å². The zero-order valence-corrected chi connectivity index (χ0v) is 14.2. The molecule has 1 aromatic heterocycles. The van der Waals surface area contributed by atoms with Crippen molar-refractivity contribution in [2.24, 2.45) is 0 Å². The molecule has 2 heterocycles. The van der Waals surface area contributed by atoms with Crippen molar-refractivity contribution in [3.8, 4) is 17.2 Å². The normalized spacial score (nSPS) is 15.6. The van der Waals surface area contributed by atoms with Crippen molar-refractivity contribution in [2.75, 3.05) is 31.2 Å². The van der Waals surface area contributed by atoms with Crippen molar-refractivity contribution in [1.82, 2.24) is 0 Å². The van der Waals surface area contributed by atoms with Crippen LogP contribution in [0, 0.1) is 11.3 Å². The van der Waals surface area contributed by atoms with E-state index in [1.807, 2.05) is 42.5 Å². The van der Waals surface area contributed by atoms with E-state index in [-0.39, 0.29) is 0 Å². The maximum Gasteiger partial charge on any atom is 0.349 e. The molecule has 0 saturated carbocycles. The van der Waals surface area contributed by atoms with Crippen LogP contribution in [0.15, 0.2) is 36.4 Å². The number of benzene rings is 1. The predicted octanol–water partition coefficient (Wildman–Crippen LogP) is 3.32. The molecule has 1 atom stereocenters. The van der Waals surface area contributed by atoms with Crippen LogP contribution in [-0.4, -0.2) is 38.4 Å². The molecule has 1 aliphatic heterocycles. The number of morpholine rings is 1. The smallest absolute Gasteiger partial charge is 0.349 e. The number of rotatable bonds is 4. The average Bonchev–Trinajstić information content (AvgIpc) is 3.08. The van der Waals surface area contributed by atoms with Crippen LogP contribution in [0.5, 0.6) is 0 Å². The Labute approximate surface area is 145 Å². The lowest BCUT2D eigenvalue weighted by molar-refractivity contribution is 0.0441. The number of thiophene rings is 1. The lowest BCUT2D eigenvalue weighted by Crippen LogP contribution is -2.35. The molecule has 0 spiro atoms. The van der Waals surface area contributed by atoms with Gasteiger partial charge in [-0.1, -0.05) is 30.3 Å². The second-order valence-electron chi connectivity index (χ2n) is 5.47. The average molecular weight is 342 g/mol. The summed E-state index contributed by atoms with van der Waals surface area (Å²) >= 11 is 1.41. The van der Waals surface area contributed by atoms with E-state index in [1.54, 1.807) is 6.92 Å². The Morgan fingerprint density at radius 2 is 2.04 bits per heavy atom. The number of ether oxygens (including phenoxy) is 2. The molecule has 1 fully saturated rings. The first-order chi connectivity index (χ1) is 11.7. The molecule has 5 nitrogen and oxygen atoms in total. The Balaban J connectivity index is 1.96. The van der Waals surface area contributed by atoms with Crippen LogP contribution < -0.4 is 4.90 Å². The predicted molar refractivity (Wildman–Crippen MR) is 93.3 cm³/mol. The summed E-state index contributed by atoms with van der Waals surface area (Å²) in [5, 5.41) is 9.87. The lowest BCUT2D eigenvalue weighted by atomic mass is 10.1. The maximum absolute atomic E-state index is 12.3. The van der Waals surface area contributed by atoms with Crippen LogP contribution >= 0.6 is 11.3 Å². The van der Waals surface area contributed by atoms with Crippen molar-refractivity contribution in [3.63, 3.8) is 0 Å². The first kappa shape index (κ1) is 16.5. The largest absolute Gasteiger partial charge is 0.443 e. The zero-order valence-electron chi connectivity index (χ0n) is 13.4. The second-order valence-corrected chi connectivity index (χ2v) is 6.50. The van der Waals surface area contributed by atoms with Gasteiger partial charge in [0.25, 0.3) is 0 Å². The molecule has 1 aliphatic rings. The number of nitriles is 1. The first-order valence-electron chi connectivity index (χ1n) is 7.81. The van der Waals surface area contributed by atoms with E-state index in [0.29, 0.717) is 18.1 Å². The maximum atomic E-state index is 12.3. The Morgan fingerprint density at radius 1 is 1.33 bits per heavy atom. The molecule has 1 aromatic carbocycles. The van der Waals surface area contributed by atoms with Crippen LogP contribution in [0.4, 0.5) is 5.00 Å². The summed E-state index contributed by atoms with van der Waals surface area (Å²) in [5.41, 5.74) is 2.07. The van der Waals surface area contributed by atoms with Crippen molar-refractivity contribution in [1.29, 1.82) is 5.26 Å². The van der Waals surface area contributed by atoms with E-state index in [2.05, 4.69) is 4.90 Å². The van der Waals surface area contributed by atoms with E-state index in [9.17, 15) is 4.79 Å². The van der Waals surface area contributed by atoms with Crippen molar-refractivity contribution < 1.29 is 14.3 Å². The molecule has 3 rings (SSSR count). The van der Waals surface area contributed by atoms with E-state index in [0.717, 1.165) is 29.2 Å². The van der Waals surface area contributed by atoms with Gasteiger partial charge in [0.2, 0.25) is 0 Å². The minimum Gasteiger partial charge on any atom is -0.443 e. The van der Waals surface area contributed by atoms with Gasteiger partial charge in [0.1, 0.15) is 10.9 Å². The summed E-state index contributed by atoms with van der Waals surface area (Å²) in [4.78, 5) is 15.0. The fourth-order valence-electron chi connectivity index (χ4n) is 2.55. The van der Waals surface area contributed by atoms with Crippen LogP contribution in [0.3, 0.4) is 0 Å². The highest BCUT2D eigenvalue weighted by Gasteiger charge is 2.23. The second kappa shape index (κ2) is 7.47. The molecule has 1 saturated heterocycles. The van der Waals surface area contributed by atoms with Gasteiger partial charge in [-0.15, -0.1) is 11.3 Å². The van der Waals surface area contributed by atoms with Crippen LogP contribution in [0.2, 0.25) is 0 Å². The molecule has 0 radical (unpaired) electrons. The van der Waals surface area contributed by atoms with E-state index >= 15 is 0 Å². The fourth-order valence-corrected chi connectivity index (χ4v) is 3.67. The number of hydrogen-bond donors (Lipinski definition) is 0. The number of hydrogen-bond acceptors (Lipinski definition) is 6. The number of carbonyl (C=O) groups excluding carboxylic acids is 1. The first-order valence-corrected chi connectivity index (χ1v) is 8.63. The van der Waals surface area contributed by atoms with Crippen LogP contribution in [-0.2, 0) is 9.47 Å². The van der Waals surface area contributed by atoms with Gasteiger partial charge in [-0.3, -0.25) is 0 Å². The molecule has 0 N–H and O–H groups in total. The van der Waals surface area contributed by atoms with Gasteiger partial charge in [-0.25, -0.2) is 4.79 Å². The third-order valence-corrected chi connectivity index (χ3v) is 4.94. The highest BCUT2D eigenvalue weighted by molar-refractivity contribution is 7.18. The van der Waals surface area contributed by atoms with Crippen molar-refractivity contribution in [3.05, 3.63) is 41.3 Å². The molecule has 0 aliphatic carbocycles. The molecule has 2 aromatic rings. The van der Waals surface area contributed by atoms with Crippen molar-refractivity contribution >= 4 is 22.3 Å². The summed E-state index contributed by atoms with van der Waals surface area (Å²) in [7, 11) is 0. The summed E-state index contributed by atoms with van der Waals surface area (Å²) in [5.74, 6) is -0.453. The summed E-state index contributed by atoms with van der Waals surface area (Å²) in [6, 6.07) is 13.8. The number of esters is 1. The van der Waals surface area contributed by atoms with Crippen molar-refractivity contribution in [2.45, 2.75) is 13.0 Å². The Bertz CT molecular complexity index is 745. The monoisotopic (exact) mass is 342 g/mol. The zero-order chi connectivity index (χ0) is 16.9. The molecule has 24 heavy (non-hydrogen) atoms. The summed E-state index contributed by atoms with van der Waals surface area (Å²) in [6.07, 6.45) is -0.758. The highest BCUT2D eigenvalue weighted by Crippen LogP contribution is 2.39. The SMILES string of the molecule is C[C@H](C#N)OC(=O)c1cc(-c2ccccc2)c(N2CCOCC2)s1. The topological polar surface area (TPSA) is 62.6 Å². The standard InChI is InChI=1S/C18H18N2O3S/c1-13(12-19)23-18(21)16-11-15(14-5-3-2-4-6-14)17(24-16)20-7-9-22-10-8-20/h2-6,11,13H,7-10H2,1H3/t13-/m1/s1. The highest BCUT2D eigenvalue weighted by atomic mass is 32.1.